The maximum atomic E-state index is 13.5. The third-order valence-electron chi connectivity index (χ3n) is 5.72. The van der Waals surface area contributed by atoms with Gasteiger partial charge in [0.15, 0.2) is 5.82 Å². The van der Waals surface area contributed by atoms with Crippen LogP contribution in [0.1, 0.15) is 31.9 Å². The Morgan fingerprint density at radius 3 is 2.41 bits per heavy atom. The van der Waals surface area contributed by atoms with E-state index in [9.17, 15) is 19.1 Å². The molecule has 0 unspecified atom stereocenters. The van der Waals surface area contributed by atoms with E-state index >= 15 is 0 Å². The van der Waals surface area contributed by atoms with Crippen molar-refractivity contribution in [3.63, 3.8) is 0 Å². The molecular formula is C25H29FN6O5. The van der Waals surface area contributed by atoms with Crippen LogP contribution in [0.25, 0.3) is 22.6 Å². The molecule has 0 spiro atoms. The van der Waals surface area contributed by atoms with Crippen LogP contribution in [-0.4, -0.2) is 75.7 Å². The van der Waals surface area contributed by atoms with Gasteiger partial charge >= 0.3 is 5.97 Å². The Balaban J connectivity index is 0.000000586. The molecule has 2 fully saturated rings. The normalized spacial score (nSPS) is 20.9. The fourth-order valence-electron chi connectivity index (χ4n) is 3.37. The maximum absolute atomic E-state index is 13.5. The number of aromatic amines is 1. The third kappa shape index (κ3) is 6.46. The molecule has 11 nitrogen and oxygen atoms in total. The molecule has 3 heterocycles. The van der Waals surface area contributed by atoms with Gasteiger partial charge in [0.1, 0.15) is 11.2 Å². The van der Waals surface area contributed by atoms with Crippen LogP contribution in [0.4, 0.5) is 10.3 Å². The minimum absolute atomic E-state index is 0.0160. The number of ether oxygens (including phenoxy) is 2. The molecular weight excluding hydrogens is 483 g/mol. The molecule has 1 aromatic carbocycles. The molecule has 1 amide bonds. The number of nitrogens with zero attached hydrogens (tertiary/aromatic N) is 4. The molecule has 0 bridgehead atoms. The number of hydrogen-bond donors (Lipinski definition) is 3. The van der Waals surface area contributed by atoms with Crippen LogP contribution in [0.15, 0.2) is 36.5 Å². The summed E-state index contributed by atoms with van der Waals surface area (Å²) in [5, 5.41) is 12.7. The number of anilines is 1. The van der Waals surface area contributed by atoms with Crippen LogP contribution in [0.5, 0.6) is 0 Å². The van der Waals surface area contributed by atoms with Gasteiger partial charge in [0.2, 0.25) is 18.6 Å². The summed E-state index contributed by atoms with van der Waals surface area (Å²) in [5.74, 6) is -0.439. The van der Waals surface area contributed by atoms with Crippen molar-refractivity contribution in [2.24, 2.45) is 5.41 Å². The summed E-state index contributed by atoms with van der Waals surface area (Å²) in [6, 6.07) is 8.14. The summed E-state index contributed by atoms with van der Waals surface area (Å²) in [4.78, 5) is 39.1. The second kappa shape index (κ2) is 11.0. The number of nitrogens with one attached hydrogen (secondary N) is 2. The van der Waals surface area contributed by atoms with Crippen LogP contribution >= 0.6 is 0 Å². The first-order valence-electron chi connectivity index (χ1n) is 11.7. The summed E-state index contributed by atoms with van der Waals surface area (Å²) >= 11 is 0. The average Bonchev–Trinajstić information content (AvgIpc) is 3.59. The van der Waals surface area contributed by atoms with Crippen LogP contribution in [0, 0.1) is 11.2 Å². The first-order chi connectivity index (χ1) is 17.7. The van der Waals surface area contributed by atoms with Crippen molar-refractivity contribution in [3.8, 4) is 22.6 Å². The third-order valence-corrected chi connectivity index (χ3v) is 5.72. The van der Waals surface area contributed by atoms with Crippen molar-refractivity contribution < 1.29 is 28.6 Å². The van der Waals surface area contributed by atoms with Gasteiger partial charge < -0.3 is 29.8 Å². The molecule has 0 radical (unpaired) electrons. The standard InChI is InChI=1S/C22H22FN5O4.C3H7NO/c1-22(20(29)30)10-31-19(32-11-22)18-27-16(12-2-4-13(23)5-3-12)17(28-18)15-8-9-24-21(26-15)25-14-6-7-14;1-4(2)3-5/h2-5,8-9,14,19H,6-7,10-11H2,1H3,(H,27,28)(H,29,30)(H,24,25,26);3H,1-2H3. The number of benzene rings is 1. The first-order valence-corrected chi connectivity index (χ1v) is 11.7. The number of aromatic nitrogens is 4. The van der Waals surface area contributed by atoms with E-state index in [0.717, 1.165) is 19.3 Å². The molecule has 1 aliphatic carbocycles. The molecule has 1 saturated heterocycles. The topological polar surface area (TPSA) is 143 Å². The van der Waals surface area contributed by atoms with Gasteiger partial charge in [-0.2, -0.15) is 0 Å². The second-order valence-corrected chi connectivity index (χ2v) is 9.43. The minimum atomic E-state index is -1.12. The van der Waals surface area contributed by atoms with E-state index in [0.29, 0.717) is 40.5 Å². The lowest BCUT2D eigenvalue weighted by atomic mass is 9.92. The fourth-order valence-corrected chi connectivity index (χ4v) is 3.37. The molecule has 1 saturated carbocycles. The Bertz CT molecular complexity index is 1240. The summed E-state index contributed by atoms with van der Waals surface area (Å²) < 4.78 is 24.9. The summed E-state index contributed by atoms with van der Waals surface area (Å²) in [6.45, 7) is 1.54. The molecule has 2 aromatic heterocycles. The zero-order chi connectivity index (χ0) is 26.6. The molecule has 3 N–H and O–H groups in total. The Morgan fingerprint density at radius 2 is 1.84 bits per heavy atom. The Kier molecular flexibility index (Phi) is 7.79. The number of carbonyl (C=O) groups is 2. The van der Waals surface area contributed by atoms with Crippen molar-refractivity contribution in [1.29, 1.82) is 0 Å². The average molecular weight is 513 g/mol. The van der Waals surface area contributed by atoms with E-state index < -0.39 is 17.7 Å². The number of carboxylic acid groups (broad SMARTS) is 1. The first kappa shape index (κ1) is 26.2. The van der Waals surface area contributed by atoms with Crippen molar-refractivity contribution >= 4 is 18.3 Å². The zero-order valence-electron chi connectivity index (χ0n) is 20.8. The lowest BCUT2D eigenvalue weighted by Crippen LogP contribution is -2.42. The highest BCUT2D eigenvalue weighted by Gasteiger charge is 2.41. The SMILES string of the molecule is CC1(C(=O)O)COC(c2nc(-c3ccc(F)cc3)c(-c3ccnc(NC4CC4)n3)[nH]2)OC1.CN(C)C=O. The number of rotatable bonds is 7. The van der Waals surface area contributed by atoms with E-state index in [-0.39, 0.29) is 19.0 Å². The second-order valence-electron chi connectivity index (χ2n) is 9.43. The maximum Gasteiger partial charge on any atom is 0.314 e. The largest absolute Gasteiger partial charge is 0.481 e. The van der Waals surface area contributed by atoms with Crippen LogP contribution in [0.2, 0.25) is 0 Å². The lowest BCUT2D eigenvalue weighted by molar-refractivity contribution is -0.236. The van der Waals surface area contributed by atoms with Gasteiger partial charge in [-0.25, -0.2) is 19.3 Å². The van der Waals surface area contributed by atoms with Crippen LogP contribution in [0.3, 0.4) is 0 Å². The predicted molar refractivity (Wildman–Crippen MR) is 132 cm³/mol. The highest BCUT2D eigenvalue weighted by Crippen LogP contribution is 2.35. The number of amides is 1. The van der Waals surface area contributed by atoms with Crippen molar-refractivity contribution in [1.82, 2.24) is 24.8 Å². The molecule has 2 aliphatic rings. The number of hydrogen-bond acceptors (Lipinski definition) is 8. The number of carboxylic acids is 1. The summed E-state index contributed by atoms with van der Waals surface area (Å²) in [5.41, 5.74) is 1.32. The number of carbonyl (C=O) groups excluding carboxylic acids is 1. The van der Waals surface area contributed by atoms with Crippen molar-refractivity contribution in [3.05, 3.63) is 48.2 Å². The molecule has 5 rings (SSSR count). The summed E-state index contributed by atoms with van der Waals surface area (Å²) in [7, 11) is 3.38. The number of H-pyrrole nitrogens is 1. The van der Waals surface area contributed by atoms with E-state index in [1.54, 1.807) is 45.4 Å². The highest BCUT2D eigenvalue weighted by atomic mass is 19.1. The fraction of sp³-hybridized carbons (Fsp3) is 0.400. The van der Waals surface area contributed by atoms with E-state index in [4.69, 9.17) is 9.47 Å². The van der Waals surface area contributed by atoms with Gasteiger partial charge in [0.05, 0.1) is 30.3 Å². The monoisotopic (exact) mass is 512 g/mol. The quantitative estimate of drug-likeness (QED) is 0.407. The van der Waals surface area contributed by atoms with E-state index in [1.807, 2.05) is 0 Å². The Morgan fingerprint density at radius 1 is 1.19 bits per heavy atom. The number of imidazole rings is 1. The molecule has 196 valence electrons. The van der Waals surface area contributed by atoms with Gasteiger partial charge in [-0.3, -0.25) is 9.59 Å². The van der Waals surface area contributed by atoms with Crippen molar-refractivity contribution in [2.75, 3.05) is 32.6 Å². The van der Waals surface area contributed by atoms with Gasteiger partial charge in [-0.05, 0) is 50.1 Å². The molecule has 12 heteroatoms. The predicted octanol–water partition coefficient (Wildman–Crippen LogP) is 3.09. The molecule has 3 aromatic rings. The Labute approximate surface area is 213 Å². The smallest absolute Gasteiger partial charge is 0.314 e. The van der Waals surface area contributed by atoms with E-state index in [1.165, 1.54) is 17.0 Å². The van der Waals surface area contributed by atoms with Gasteiger partial charge in [-0.1, -0.05) is 0 Å². The highest BCUT2D eigenvalue weighted by molar-refractivity contribution is 5.77. The van der Waals surface area contributed by atoms with Gasteiger partial charge in [0, 0.05) is 31.9 Å². The number of halogens is 1. The zero-order valence-corrected chi connectivity index (χ0v) is 20.8. The lowest BCUT2D eigenvalue weighted by Gasteiger charge is -2.33. The Hall–Kier alpha value is -3.90. The molecule has 0 atom stereocenters. The van der Waals surface area contributed by atoms with Gasteiger partial charge in [-0.15, -0.1) is 0 Å². The van der Waals surface area contributed by atoms with Crippen LogP contribution < -0.4 is 5.32 Å². The summed E-state index contributed by atoms with van der Waals surface area (Å²) in [6.07, 6.45) is 3.73. The molecule has 1 aliphatic heterocycles. The van der Waals surface area contributed by atoms with Crippen LogP contribution in [-0.2, 0) is 19.1 Å². The van der Waals surface area contributed by atoms with E-state index in [2.05, 4.69) is 25.3 Å². The minimum Gasteiger partial charge on any atom is -0.481 e. The van der Waals surface area contributed by atoms with Crippen molar-refractivity contribution in [2.45, 2.75) is 32.1 Å². The molecule has 37 heavy (non-hydrogen) atoms. The number of aliphatic carboxylic acids is 1. The van der Waals surface area contributed by atoms with Gasteiger partial charge in [0.25, 0.3) is 0 Å².